The predicted octanol–water partition coefficient (Wildman–Crippen LogP) is 2.91. The Morgan fingerprint density at radius 2 is 2.28 bits per heavy atom. The van der Waals surface area contributed by atoms with E-state index in [0.717, 1.165) is 10.7 Å². The molecule has 0 radical (unpaired) electrons. The van der Waals surface area contributed by atoms with Gasteiger partial charge in [0.05, 0.1) is 12.6 Å². The van der Waals surface area contributed by atoms with Gasteiger partial charge in [0.25, 0.3) is 0 Å². The van der Waals surface area contributed by atoms with E-state index in [4.69, 9.17) is 4.74 Å². The van der Waals surface area contributed by atoms with E-state index >= 15 is 0 Å². The molecule has 4 heteroatoms. The van der Waals surface area contributed by atoms with Crippen LogP contribution in [0, 0.1) is 6.92 Å². The minimum absolute atomic E-state index is 0.153. The first-order chi connectivity index (χ1) is 8.74. The van der Waals surface area contributed by atoms with Gasteiger partial charge in [0.15, 0.2) is 0 Å². The maximum absolute atomic E-state index is 5.17. The minimum Gasteiger partial charge on any atom is -0.380 e. The van der Waals surface area contributed by atoms with Crippen molar-refractivity contribution in [3.8, 4) is 0 Å². The third-order valence-corrected chi connectivity index (χ3v) is 3.80. The van der Waals surface area contributed by atoms with Gasteiger partial charge in [-0.1, -0.05) is 24.3 Å². The van der Waals surface area contributed by atoms with Gasteiger partial charge in [0.2, 0.25) is 0 Å². The van der Waals surface area contributed by atoms with Crippen molar-refractivity contribution in [3.05, 3.63) is 51.5 Å². The highest BCUT2D eigenvalue weighted by atomic mass is 32.1. The number of hydrogen-bond donors (Lipinski definition) is 1. The number of ether oxygens (including phenoxy) is 1. The molecule has 1 aromatic heterocycles. The molecule has 0 spiro atoms. The smallest absolute Gasteiger partial charge is 0.114 e. The molecule has 0 aliphatic rings. The quantitative estimate of drug-likeness (QED) is 0.899. The van der Waals surface area contributed by atoms with E-state index in [1.165, 1.54) is 11.1 Å². The predicted molar refractivity (Wildman–Crippen MR) is 74.9 cm³/mol. The second kappa shape index (κ2) is 6.09. The van der Waals surface area contributed by atoms with Crippen molar-refractivity contribution < 1.29 is 4.74 Å². The number of nitrogens with zero attached hydrogens (tertiary/aromatic N) is 1. The molecule has 1 atom stereocenters. The van der Waals surface area contributed by atoms with Gasteiger partial charge in [-0.25, -0.2) is 4.98 Å². The van der Waals surface area contributed by atoms with Crippen molar-refractivity contribution >= 4 is 11.3 Å². The fourth-order valence-electron chi connectivity index (χ4n) is 1.97. The Balaban J connectivity index is 2.29. The van der Waals surface area contributed by atoms with E-state index in [0.29, 0.717) is 6.61 Å². The molecule has 96 valence electrons. The van der Waals surface area contributed by atoms with E-state index < -0.39 is 0 Å². The number of methoxy groups -OCH3 is 1. The van der Waals surface area contributed by atoms with Crippen LogP contribution in [-0.4, -0.2) is 19.1 Å². The first-order valence-corrected chi connectivity index (χ1v) is 6.79. The molecule has 1 unspecified atom stereocenters. The topological polar surface area (TPSA) is 34.1 Å². The summed E-state index contributed by atoms with van der Waals surface area (Å²) >= 11 is 1.69. The van der Waals surface area contributed by atoms with Crippen LogP contribution < -0.4 is 5.32 Å². The molecular formula is C14H18N2OS. The standard InChI is InChI=1S/C14H18N2OS/c1-10-9-18-14(16-10)13(15-2)12-6-4-5-11(7-12)8-17-3/h4-7,9,13,15H,8H2,1-3H3. The lowest BCUT2D eigenvalue weighted by Gasteiger charge is -2.15. The zero-order chi connectivity index (χ0) is 13.0. The fraction of sp³-hybridized carbons (Fsp3) is 0.357. The summed E-state index contributed by atoms with van der Waals surface area (Å²) in [4.78, 5) is 4.56. The maximum Gasteiger partial charge on any atom is 0.114 e. The molecule has 0 aliphatic heterocycles. The molecular weight excluding hydrogens is 244 g/mol. The third kappa shape index (κ3) is 2.96. The molecule has 18 heavy (non-hydrogen) atoms. The molecule has 1 aromatic carbocycles. The number of nitrogens with one attached hydrogen (secondary N) is 1. The van der Waals surface area contributed by atoms with Gasteiger partial charge in [-0.05, 0) is 25.1 Å². The summed E-state index contributed by atoms with van der Waals surface area (Å²) in [6.45, 7) is 2.66. The molecule has 0 saturated heterocycles. The van der Waals surface area contributed by atoms with E-state index in [9.17, 15) is 0 Å². The Morgan fingerprint density at radius 1 is 1.44 bits per heavy atom. The monoisotopic (exact) mass is 262 g/mol. The van der Waals surface area contributed by atoms with Crippen LogP contribution in [0.25, 0.3) is 0 Å². The Kier molecular flexibility index (Phi) is 4.47. The van der Waals surface area contributed by atoms with Crippen LogP contribution in [0.5, 0.6) is 0 Å². The number of benzene rings is 1. The van der Waals surface area contributed by atoms with Crippen LogP contribution >= 0.6 is 11.3 Å². The van der Waals surface area contributed by atoms with Crippen LogP contribution in [0.2, 0.25) is 0 Å². The van der Waals surface area contributed by atoms with Crippen LogP contribution in [0.1, 0.15) is 27.9 Å². The van der Waals surface area contributed by atoms with Crippen LogP contribution in [0.15, 0.2) is 29.6 Å². The maximum atomic E-state index is 5.17. The lowest BCUT2D eigenvalue weighted by molar-refractivity contribution is 0.185. The van der Waals surface area contributed by atoms with Crippen LogP contribution in [0.4, 0.5) is 0 Å². The Bertz CT molecular complexity index is 510. The number of rotatable bonds is 5. The number of thiazole rings is 1. The van der Waals surface area contributed by atoms with Crippen LogP contribution in [0.3, 0.4) is 0 Å². The van der Waals surface area contributed by atoms with Crippen molar-refractivity contribution in [1.29, 1.82) is 0 Å². The molecule has 2 rings (SSSR count). The van der Waals surface area contributed by atoms with Crippen LogP contribution in [-0.2, 0) is 11.3 Å². The van der Waals surface area contributed by atoms with Crippen molar-refractivity contribution in [3.63, 3.8) is 0 Å². The molecule has 3 nitrogen and oxygen atoms in total. The lowest BCUT2D eigenvalue weighted by Crippen LogP contribution is -2.17. The van der Waals surface area contributed by atoms with Crippen molar-refractivity contribution in [2.24, 2.45) is 0 Å². The number of aryl methyl sites for hydroxylation is 1. The summed E-state index contributed by atoms with van der Waals surface area (Å²) in [5.41, 5.74) is 3.48. The van der Waals surface area contributed by atoms with E-state index in [1.807, 2.05) is 14.0 Å². The third-order valence-electron chi connectivity index (χ3n) is 2.77. The summed E-state index contributed by atoms with van der Waals surface area (Å²) < 4.78 is 5.17. The number of aromatic nitrogens is 1. The van der Waals surface area contributed by atoms with E-state index in [1.54, 1.807) is 18.4 Å². The van der Waals surface area contributed by atoms with Gasteiger partial charge in [-0.2, -0.15) is 0 Å². The molecule has 0 bridgehead atoms. The molecule has 1 heterocycles. The van der Waals surface area contributed by atoms with Gasteiger partial charge < -0.3 is 10.1 Å². The summed E-state index contributed by atoms with van der Waals surface area (Å²) in [5.74, 6) is 0. The van der Waals surface area contributed by atoms with Gasteiger partial charge in [-0.3, -0.25) is 0 Å². The zero-order valence-electron chi connectivity index (χ0n) is 10.9. The average Bonchev–Trinajstić information content (AvgIpc) is 2.78. The zero-order valence-corrected chi connectivity index (χ0v) is 11.8. The summed E-state index contributed by atoms with van der Waals surface area (Å²) in [7, 11) is 3.68. The van der Waals surface area contributed by atoms with Crippen molar-refractivity contribution in [1.82, 2.24) is 10.3 Å². The summed E-state index contributed by atoms with van der Waals surface area (Å²) in [6, 6.07) is 8.58. The summed E-state index contributed by atoms with van der Waals surface area (Å²) in [5, 5.41) is 6.51. The van der Waals surface area contributed by atoms with Crippen molar-refractivity contribution in [2.45, 2.75) is 19.6 Å². The minimum atomic E-state index is 0.153. The molecule has 0 amide bonds. The fourth-order valence-corrected chi connectivity index (χ4v) is 2.90. The Morgan fingerprint density at radius 3 is 2.89 bits per heavy atom. The molecule has 0 aliphatic carbocycles. The highest BCUT2D eigenvalue weighted by Crippen LogP contribution is 2.25. The Hall–Kier alpha value is -1.23. The normalized spacial score (nSPS) is 12.6. The van der Waals surface area contributed by atoms with Crippen molar-refractivity contribution in [2.75, 3.05) is 14.2 Å². The first-order valence-electron chi connectivity index (χ1n) is 5.91. The van der Waals surface area contributed by atoms with E-state index in [-0.39, 0.29) is 6.04 Å². The molecule has 2 aromatic rings. The largest absolute Gasteiger partial charge is 0.380 e. The second-order valence-corrected chi connectivity index (χ2v) is 5.12. The average molecular weight is 262 g/mol. The number of hydrogen-bond acceptors (Lipinski definition) is 4. The highest BCUT2D eigenvalue weighted by molar-refractivity contribution is 7.09. The van der Waals surface area contributed by atoms with Gasteiger partial charge in [0, 0.05) is 18.2 Å². The highest BCUT2D eigenvalue weighted by Gasteiger charge is 2.15. The summed E-state index contributed by atoms with van der Waals surface area (Å²) in [6.07, 6.45) is 0. The lowest BCUT2D eigenvalue weighted by atomic mass is 10.0. The van der Waals surface area contributed by atoms with Gasteiger partial charge in [-0.15, -0.1) is 11.3 Å². The molecule has 0 fully saturated rings. The van der Waals surface area contributed by atoms with Gasteiger partial charge in [0.1, 0.15) is 5.01 Å². The van der Waals surface area contributed by atoms with E-state index in [2.05, 4.69) is 39.9 Å². The Labute approximate surface area is 112 Å². The first kappa shape index (κ1) is 13.2. The SMILES string of the molecule is CNC(c1cccc(COC)c1)c1nc(C)cs1. The molecule has 0 saturated carbocycles. The second-order valence-electron chi connectivity index (χ2n) is 4.23. The molecule has 1 N–H and O–H groups in total. The van der Waals surface area contributed by atoms with Gasteiger partial charge >= 0.3 is 0 Å².